The van der Waals surface area contributed by atoms with E-state index < -0.39 is 17.1 Å². The van der Waals surface area contributed by atoms with Crippen LogP contribution in [-0.2, 0) is 14.4 Å². The highest BCUT2D eigenvalue weighted by molar-refractivity contribution is 8.00. The predicted molar refractivity (Wildman–Crippen MR) is 157 cm³/mol. The van der Waals surface area contributed by atoms with Crippen LogP contribution in [0.4, 0.5) is 11.4 Å². The number of anilines is 2. The van der Waals surface area contributed by atoms with E-state index in [1.54, 1.807) is 43.5 Å². The number of carbonyl (C=O) groups is 3. The molecule has 0 bridgehead atoms. The highest BCUT2D eigenvalue weighted by atomic mass is 32.2. The Morgan fingerprint density at radius 2 is 1.71 bits per heavy atom. The number of methoxy groups -OCH3 is 1. The summed E-state index contributed by atoms with van der Waals surface area (Å²) in [5.74, 6) is -1.45. The van der Waals surface area contributed by atoms with Gasteiger partial charge in [-0.25, -0.2) is 4.90 Å². The Hall–Kier alpha value is -4.35. The quantitative estimate of drug-likeness (QED) is 0.304. The van der Waals surface area contributed by atoms with Gasteiger partial charge in [-0.1, -0.05) is 59.5 Å². The molecule has 0 radical (unpaired) electrons. The fraction of sp³-hybridized carbons (Fsp3) is 0.200. The smallest absolute Gasteiger partial charge is 0.305 e. The van der Waals surface area contributed by atoms with E-state index in [0.717, 1.165) is 16.9 Å². The van der Waals surface area contributed by atoms with E-state index in [-0.39, 0.29) is 29.2 Å². The number of aryl methyl sites for hydroxylation is 1. The van der Waals surface area contributed by atoms with Crippen LogP contribution in [0.25, 0.3) is 0 Å². The second-order valence-electron chi connectivity index (χ2n) is 9.65. The molecule has 11 heteroatoms. The second kappa shape index (κ2) is 10.9. The molecule has 3 heterocycles. The molecule has 2 N–H and O–H groups in total. The topological polar surface area (TPSA) is 118 Å². The van der Waals surface area contributed by atoms with Gasteiger partial charge in [0.15, 0.2) is 6.61 Å². The van der Waals surface area contributed by atoms with E-state index in [0.29, 0.717) is 38.3 Å². The lowest BCUT2D eigenvalue weighted by atomic mass is 9.82. The Bertz CT molecular complexity index is 1710. The third-order valence-corrected chi connectivity index (χ3v) is 9.59. The van der Waals surface area contributed by atoms with E-state index >= 15 is 0 Å². The highest BCUT2D eigenvalue weighted by Crippen LogP contribution is 2.54. The number of hydrogen-bond donors (Lipinski definition) is 2. The minimum absolute atomic E-state index is 0.262. The maximum atomic E-state index is 14.0. The molecular formula is C30H25N3O6S2. The van der Waals surface area contributed by atoms with E-state index in [9.17, 15) is 19.2 Å². The third kappa shape index (κ3) is 4.91. The van der Waals surface area contributed by atoms with Crippen molar-refractivity contribution in [1.82, 2.24) is 4.98 Å². The number of H-pyrrole nitrogens is 1. The zero-order valence-electron chi connectivity index (χ0n) is 22.1. The Morgan fingerprint density at radius 1 is 0.976 bits per heavy atom. The summed E-state index contributed by atoms with van der Waals surface area (Å²) in [6, 6.07) is 21.3. The summed E-state index contributed by atoms with van der Waals surface area (Å²) in [7, 11) is 1.54. The fourth-order valence-electron chi connectivity index (χ4n) is 5.25. The highest BCUT2D eigenvalue weighted by Gasteiger charge is 2.56. The summed E-state index contributed by atoms with van der Waals surface area (Å²) < 4.78 is 11.2. The molecule has 0 spiro atoms. The van der Waals surface area contributed by atoms with Gasteiger partial charge in [-0.2, -0.15) is 0 Å². The molecule has 3 aromatic carbocycles. The Kier molecular flexibility index (Phi) is 7.14. The predicted octanol–water partition coefficient (Wildman–Crippen LogP) is 4.57. The Balaban J connectivity index is 1.34. The van der Waals surface area contributed by atoms with Crippen molar-refractivity contribution < 1.29 is 23.9 Å². The third-order valence-electron chi connectivity index (χ3n) is 7.19. The van der Waals surface area contributed by atoms with Crippen LogP contribution >= 0.6 is 23.1 Å². The minimum Gasteiger partial charge on any atom is -0.497 e. The molecule has 2 unspecified atom stereocenters. The number of nitrogens with one attached hydrogen (secondary N) is 2. The van der Waals surface area contributed by atoms with Crippen molar-refractivity contribution >= 4 is 52.2 Å². The van der Waals surface area contributed by atoms with Crippen LogP contribution in [-0.4, -0.2) is 41.7 Å². The molecule has 41 heavy (non-hydrogen) atoms. The number of hydrogen-bond acceptors (Lipinski definition) is 8. The number of rotatable bonds is 7. The minimum atomic E-state index is -0.779. The van der Waals surface area contributed by atoms with E-state index in [1.807, 2.05) is 43.3 Å². The molecule has 3 amide bonds. The van der Waals surface area contributed by atoms with Crippen LogP contribution in [0.3, 0.4) is 0 Å². The van der Waals surface area contributed by atoms with Crippen LogP contribution in [0.5, 0.6) is 11.5 Å². The molecule has 1 saturated heterocycles. The van der Waals surface area contributed by atoms with Crippen molar-refractivity contribution in [1.29, 1.82) is 0 Å². The molecule has 208 valence electrons. The number of benzene rings is 3. The van der Waals surface area contributed by atoms with Crippen molar-refractivity contribution in [3.05, 3.63) is 98.5 Å². The van der Waals surface area contributed by atoms with Gasteiger partial charge in [-0.05, 0) is 48.9 Å². The molecule has 1 fully saturated rings. The maximum absolute atomic E-state index is 14.0. The van der Waals surface area contributed by atoms with Gasteiger partial charge in [0.1, 0.15) is 16.7 Å². The number of fused-ring (bicyclic) bond motifs is 2. The average Bonchev–Trinajstić information content (AvgIpc) is 3.47. The van der Waals surface area contributed by atoms with Crippen LogP contribution in [0.15, 0.2) is 82.6 Å². The van der Waals surface area contributed by atoms with E-state index in [2.05, 4.69) is 10.3 Å². The molecule has 2 aliphatic heterocycles. The number of thiazole rings is 1. The van der Waals surface area contributed by atoms with Crippen LogP contribution in [0.1, 0.15) is 21.9 Å². The summed E-state index contributed by atoms with van der Waals surface area (Å²) in [5, 5.41) is 2.67. The standard InChI is InChI=1S/C30H25N3O6S2/c1-16-7-3-5-9-20(16)31-22(34)15-39-21-10-6-4-8-19(21)23-24-26(40-27-25(23)41-30(37)32-27)29(36)33(28(24)35)17-11-13-18(38-2)14-12-17/h3-14,23-24,26H,15H2,1-2H3,(H,31,34)(H,32,37)/t23-,24?,26?/m1/s1. The molecule has 0 saturated carbocycles. The summed E-state index contributed by atoms with van der Waals surface area (Å²) in [5.41, 5.74) is 2.69. The van der Waals surface area contributed by atoms with E-state index in [4.69, 9.17) is 9.47 Å². The number of imide groups is 1. The lowest BCUT2D eigenvalue weighted by molar-refractivity contribution is -0.122. The maximum Gasteiger partial charge on any atom is 0.305 e. The molecule has 9 nitrogen and oxygen atoms in total. The molecule has 2 aliphatic rings. The van der Waals surface area contributed by atoms with Crippen molar-refractivity contribution in [3.63, 3.8) is 0 Å². The molecular weight excluding hydrogens is 562 g/mol. The SMILES string of the molecule is COc1ccc(N2C(=O)C3Sc4[nH]c(=O)sc4[C@H](c4ccccc4OCC(=O)Nc4ccccc4C)C3C2=O)cc1. The number of thioether (sulfide) groups is 1. The summed E-state index contributed by atoms with van der Waals surface area (Å²) in [4.78, 5) is 57.3. The van der Waals surface area contributed by atoms with Gasteiger partial charge >= 0.3 is 4.87 Å². The van der Waals surface area contributed by atoms with Gasteiger partial charge in [0.05, 0.1) is 23.7 Å². The summed E-state index contributed by atoms with van der Waals surface area (Å²) >= 11 is 2.22. The summed E-state index contributed by atoms with van der Waals surface area (Å²) in [6.07, 6.45) is 0. The fourth-order valence-corrected chi connectivity index (χ4v) is 7.76. The first-order valence-corrected chi connectivity index (χ1v) is 14.5. The van der Waals surface area contributed by atoms with Gasteiger partial charge in [0, 0.05) is 22.0 Å². The number of nitrogens with zero attached hydrogens (tertiary/aromatic N) is 1. The van der Waals surface area contributed by atoms with E-state index in [1.165, 1.54) is 16.7 Å². The van der Waals surface area contributed by atoms with Gasteiger partial charge < -0.3 is 19.8 Å². The van der Waals surface area contributed by atoms with Crippen LogP contribution < -0.4 is 24.6 Å². The first-order valence-electron chi connectivity index (χ1n) is 12.8. The molecule has 4 aromatic rings. The Labute approximate surface area is 243 Å². The van der Waals surface area contributed by atoms with Crippen LogP contribution in [0.2, 0.25) is 0 Å². The number of aromatic amines is 1. The number of para-hydroxylation sites is 2. The monoisotopic (exact) mass is 587 g/mol. The van der Waals surface area contributed by atoms with Crippen LogP contribution in [0, 0.1) is 12.8 Å². The first-order chi connectivity index (χ1) is 19.9. The lowest BCUT2D eigenvalue weighted by Gasteiger charge is -2.30. The van der Waals surface area contributed by atoms with Crippen molar-refractivity contribution in [2.45, 2.75) is 23.1 Å². The number of carbonyl (C=O) groups excluding carboxylic acids is 3. The van der Waals surface area contributed by atoms with Gasteiger partial charge in [-0.3, -0.25) is 19.2 Å². The van der Waals surface area contributed by atoms with Gasteiger partial charge in [-0.15, -0.1) is 0 Å². The van der Waals surface area contributed by atoms with Gasteiger partial charge in [0.2, 0.25) is 11.8 Å². The summed E-state index contributed by atoms with van der Waals surface area (Å²) in [6.45, 7) is 1.64. The van der Waals surface area contributed by atoms with Gasteiger partial charge in [0.25, 0.3) is 5.91 Å². The zero-order chi connectivity index (χ0) is 28.7. The number of amides is 3. The largest absolute Gasteiger partial charge is 0.497 e. The van der Waals surface area contributed by atoms with Crippen molar-refractivity contribution in [3.8, 4) is 11.5 Å². The molecule has 1 aromatic heterocycles. The molecule has 3 atom stereocenters. The average molecular weight is 588 g/mol. The second-order valence-corrected chi connectivity index (χ2v) is 11.8. The number of ether oxygens (including phenoxy) is 2. The zero-order valence-corrected chi connectivity index (χ0v) is 23.7. The normalized spacial score (nSPS) is 19.5. The molecule has 6 rings (SSSR count). The molecule has 0 aliphatic carbocycles. The van der Waals surface area contributed by atoms with Crippen molar-refractivity contribution in [2.24, 2.45) is 5.92 Å². The number of aromatic nitrogens is 1. The van der Waals surface area contributed by atoms with Crippen molar-refractivity contribution in [2.75, 3.05) is 23.9 Å². The lowest BCUT2D eigenvalue weighted by Crippen LogP contribution is -2.32. The first kappa shape index (κ1) is 26.9. The Morgan fingerprint density at radius 3 is 2.46 bits per heavy atom.